The smallest absolute Gasteiger partial charge is 0.256 e. The van der Waals surface area contributed by atoms with Gasteiger partial charge in [0.15, 0.2) is 0 Å². The fraction of sp³-hybridized carbons (Fsp3) is 0. The highest BCUT2D eigenvalue weighted by molar-refractivity contribution is 6.99. The quantitative estimate of drug-likeness (QED) is 0.170. The second kappa shape index (κ2) is 11.8. The van der Waals surface area contributed by atoms with Crippen LogP contribution in [0.25, 0.3) is 33.1 Å². The molecule has 4 nitrogen and oxygen atoms in total. The lowest BCUT2D eigenvalue weighted by atomic mass is 9.34. The van der Waals surface area contributed by atoms with Crippen molar-refractivity contribution in [2.75, 3.05) is 9.80 Å². The van der Waals surface area contributed by atoms with Crippen LogP contribution in [0.4, 0.5) is 34.1 Å². The number of hydrogen-bond acceptors (Lipinski definition) is 4. The Kier molecular flexibility index (Phi) is 6.61. The second-order valence-corrected chi connectivity index (χ2v) is 13.7. The van der Waals surface area contributed by atoms with E-state index in [2.05, 4.69) is 186 Å². The summed E-state index contributed by atoms with van der Waals surface area (Å²) < 4.78 is 13.8. The minimum atomic E-state index is -0.0374. The van der Waals surface area contributed by atoms with Gasteiger partial charge in [-0.25, -0.2) is 0 Å². The van der Waals surface area contributed by atoms with E-state index in [9.17, 15) is 0 Å². The van der Waals surface area contributed by atoms with Crippen molar-refractivity contribution in [3.63, 3.8) is 0 Å². The van der Waals surface area contributed by atoms with E-state index in [1.54, 1.807) is 0 Å². The highest BCUT2D eigenvalue weighted by Crippen LogP contribution is 2.45. The highest BCUT2D eigenvalue weighted by atomic mass is 16.5. The summed E-state index contributed by atoms with van der Waals surface area (Å²) in [5, 5.41) is 2.09. The largest absolute Gasteiger partial charge is 0.458 e. The van der Waals surface area contributed by atoms with Gasteiger partial charge in [0.25, 0.3) is 6.71 Å². The number of nitrogens with zero attached hydrogens (tertiary/aromatic N) is 2. The Bertz CT molecular complexity index is 2780. The predicted octanol–water partition coefficient (Wildman–Crippen LogP) is 11.1. The van der Waals surface area contributed by atoms with Gasteiger partial charge in [0, 0.05) is 51.0 Å². The van der Waals surface area contributed by atoms with E-state index in [-0.39, 0.29) is 6.71 Å². The molecule has 11 rings (SSSR count). The fourth-order valence-corrected chi connectivity index (χ4v) is 8.35. The van der Waals surface area contributed by atoms with Gasteiger partial charge in [-0.1, -0.05) is 103 Å². The van der Waals surface area contributed by atoms with Crippen molar-refractivity contribution in [3.05, 3.63) is 188 Å². The molecule has 0 unspecified atom stereocenters. The summed E-state index contributed by atoms with van der Waals surface area (Å²) >= 11 is 0. The number of para-hydroxylation sites is 4. The van der Waals surface area contributed by atoms with Crippen LogP contribution in [-0.4, -0.2) is 6.71 Å². The molecule has 53 heavy (non-hydrogen) atoms. The van der Waals surface area contributed by atoms with Gasteiger partial charge in [-0.15, -0.1) is 0 Å². The van der Waals surface area contributed by atoms with Gasteiger partial charge in [0.2, 0.25) is 0 Å². The van der Waals surface area contributed by atoms with Crippen molar-refractivity contribution in [1.82, 2.24) is 0 Å². The summed E-state index contributed by atoms with van der Waals surface area (Å²) in [6.07, 6.45) is 0. The molecule has 0 saturated carbocycles. The standard InChI is InChI=1S/C48H31BN2O2/c1-5-15-32(16-6-1)33-27-43-48-47(28-33)53-46-30-39-38-26-25-37(50(34-17-7-2-8-18-34)35-19-9-3-10-20-35)29-44(38)52-45(39)31-41(46)49(48)40-23-13-14-24-42(40)51(43)36-21-11-4-12-22-36/h1-31H. The molecule has 3 heterocycles. The Labute approximate surface area is 307 Å². The summed E-state index contributed by atoms with van der Waals surface area (Å²) in [6.45, 7) is -0.0374. The molecule has 248 valence electrons. The van der Waals surface area contributed by atoms with Crippen LogP contribution >= 0.6 is 0 Å². The lowest BCUT2D eigenvalue weighted by Crippen LogP contribution is -2.59. The molecule has 0 radical (unpaired) electrons. The summed E-state index contributed by atoms with van der Waals surface area (Å²) in [6, 6.07) is 66.4. The average Bonchev–Trinajstić information content (AvgIpc) is 3.58. The number of furan rings is 1. The lowest BCUT2D eigenvalue weighted by molar-refractivity contribution is 0.488. The first-order valence-electron chi connectivity index (χ1n) is 18.0. The van der Waals surface area contributed by atoms with Crippen LogP contribution in [0.3, 0.4) is 0 Å². The maximum absolute atomic E-state index is 7.01. The molecule has 0 spiro atoms. The number of fused-ring (bicyclic) bond motifs is 7. The first-order chi connectivity index (χ1) is 26.3. The molecule has 0 amide bonds. The Morgan fingerprint density at radius 3 is 1.81 bits per heavy atom. The molecule has 0 N–H and O–H groups in total. The Morgan fingerprint density at radius 2 is 1.08 bits per heavy atom. The van der Waals surface area contributed by atoms with Crippen molar-refractivity contribution >= 4 is 79.2 Å². The summed E-state index contributed by atoms with van der Waals surface area (Å²) in [4.78, 5) is 4.65. The summed E-state index contributed by atoms with van der Waals surface area (Å²) in [7, 11) is 0. The topological polar surface area (TPSA) is 28.9 Å². The minimum absolute atomic E-state index is 0.0374. The second-order valence-electron chi connectivity index (χ2n) is 13.7. The molecular weight excluding hydrogens is 647 g/mol. The maximum Gasteiger partial charge on any atom is 0.256 e. The third-order valence-electron chi connectivity index (χ3n) is 10.7. The van der Waals surface area contributed by atoms with Gasteiger partial charge in [-0.3, -0.25) is 0 Å². The van der Waals surface area contributed by atoms with E-state index in [0.717, 1.165) is 84.2 Å². The van der Waals surface area contributed by atoms with E-state index in [4.69, 9.17) is 9.15 Å². The molecule has 0 aliphatic carbocycles. The third-order valence-corrected chi connectivity index (χ3v) is 10.7. The van der Waals surface area contributed by atoms with Crippen molar-refractivity contribution in [2.45, 2.75) is 0 Å². The zero-order valence-corrected chi connectivity index (χ0v) is 28.7. The van der Waals surface area contributed by atoms with Gasteiger partial charge in [0.1, 0.15) is 22.7 Å². The van der Waals surface area contributed by atoms with E-state index in [0.29, 0.717) is 0 Å². The van der Waals surface area contributed by atoms with Crippen LogP contribution in [-0.2, 0) is 0 Å². The van der Waals surface area contributed by atoms with Crippen molar-refractivity contribution in [1.29, 1.82) is 0 Å². The molecule has 5 heteroatoms. The number of rotatable bonds is 5. The lowest BCUT2D eigenvalue weighted by Gasteiger charge is -2.40. The normalized spacial score (nSPS) is 12.6. The van der Waals surface area contributed by atoms with Crippen LogP contribution in [0.5, 0.6) is 11.5 Å². The molecule has 9 aromatic rings. The molecule has 0 fully saturated rings. The number of hydrogen-bond donors (Lipinski definition) is 0. The van der Waals surface area contributed by atoms with E-state index < -0.39 is 0 Å². The van der Waals surface area contributed by atoms with E-state index >= 15 is 0 Å². The minimum Gasteiger partial charge on any atom is -0.458 e. The van der Waals surface area contributed by atoms with Gasteiger partial charge in [0.05, 0.1) is 0 Å². The predicted molar refractivity (Wildman–Crippen MR) is 220 cm³/mol. The SMILES string of the molecule is c1ccc(-c2cc3c4c(c2)N(c2ccccc2)c2ccccc2B4c2cc4oc5cc(N(c6ccccc6)c6ccccc6)ccc5c4cc2O3)cc1. The van der Waals surface area contributed by atoms with Crippen LogP contribution in [0, 0.1) is 0 Å². The Hall–Kier alpha value is -6.98. The number of ether oxygens (including phenoxy) is 1. The Morgan fingerprint density at radius 1 is 0.434 bits per heavy atom. The van der Waals surface area contributed by atoms with Crippen LogP contribution in [0.1, 0.15) is 0 Å². The third kappa shape index (κ3) is 4.71. The molecule has 2 aliphatic rings. The van der Waals surface area contributed by atoms with Gasteiger partial charge < -0.3 is 19.0 Å². The van der Waals surface area contributed by atoms with E-state index in [1.807, 2.05) is 12.1 Å². The van der Waals surface area contributed by atoms with Gasteiger partial charge in [-0.2, -0.15) is 0 Å². The monoisotopic (exact) mass is 678 g/mol. The number of anilines is 6. The van der Waals surface area contributed by atoms with Crippen molar-refractivity contribution < 1.29 is 9.15 Å². The fourth-order valence-electron chi connectivity index (χ4n) is 8.35. The summed E-state index contributed by atoms with van der Waals surface area (Å²) in [5.74, 6) is 1.74. The van der Waals surface area contributed by atoms with Crippen LogP contribution in [0.2, 0.25) is 0 Å². The van der Waals surface area contributed by atoms with Gasteiger partial charge in [-0.05, 0) is 106 Å². The van der Waals surface area contributed by atoms with Crippen LogP contribution in [0.15, 0.2) is 192 Å². The maximum atomic E-state index is 7.01. The molecule has 0 bridgehead atoms. The first kappa shape index (κ1) is 29.7. The van der Waals surface area contributed by atoms with Crippen LogP contribution < -0.4 is 30.9 Å². The molecular formula is C48H31BN2O2. The summed E-state index contributed by atoms with van der Waals surface area (Å²) in [5.41, 5.74) is 14.1. The van der Waals surface area contributed by atoms with Crippen molar-refractivity contribution in [3.8, 4) is 22.6 Å². The first-order valence-corrected chi connectivity index (χ1v) is 18.0. The molecule has 0 saturated heterocycles. The highest BCUT2D eigenvalue weighted by Gasteiger charge is 2.42. The average molecular weight is 679 g/mol. The number of benzene rings is 8. The zero-order valence-electron chi connectivity index (χ0n) is 28.7. The molecule has 2 aliphatic heterocycles. The van der Waals surface area contributed by atoms with Crippen molar-refractivity contribution in [2.24, 2.45) is 0 Å². The van der Waals surface area contributed by atoms with Gasteiger partial charge >= 0.3 is 0 Å². The van der Waals surface area contributed by atoms with E-state index in [1.165, 1.54) is 10.9 Å². The molecule has 8 aromatic carbocycles. The Balaban J connectivity index is 1.11. The molecule has 0 atom stereocenters. The molecule has 1 aromatic heterocycles. The zero-order chi connectivity index (χ0) is 34.9.